The Labute approximate surface area is 135 Å². The first kappa shape index (κ1) is 14.9. The average Bonchev–Trinajstić information content (AvgIpc) is 2.69. The zero-order chi connectivity index (χ0) is 15.9. The third kappa shape index (κ3) is 2.57. The number of nitrogens with two attached hydrogens (primary N) is 1. The van der Waals surface area contributed by atoms with Crippen molar-refractivity contribution in [2.24, 2.45) is 5.73 Å². The Hall–Kier alpha value is -2.00. The molecule has 22 heavy (non-hydrogen) atoms. The highest BCUT2D eigenvalue weighted by Crippen LogP contribution is 2.47. The average molecular weight is 316 g/mol. The van der Waals surface area contributed by atoms with Crippen LogP contribution in [0.1, 0.15) is 37.5 Å². The first-order valence-corrected chi connectivity index (χ1v) is 7.62. The van der Waals surface area contributed by atoms with Gasteiger partial charge in [0.15, 0.2) is 0 Å². The van der Waals surface area contributed by atoms with Crippen LogP contribution in [0.3, 0.4) is 0 Å². The van der Waals surface area contributed by atoms with Crippen LogP contribution < -0.4 is 5.73 Å². The minimum Gasteiger partial charge on any atom is -0.441 e. The number of rotatable bonds is 2. The van der Waals surface area contributed by atoms with Crippen molar-refractivity contribution in [2.75, 3.05) is 0 Å². The van der Waals surface area contributed by atoms with Crippen LogP contribution in [0, 0.1) is 0 Å². The molecule has 114 valence electrons. The molecule has 0 aromatic heterocycles. The summed E-state index contributed by atoms with van der Waals surface area (Å²) in [7, 11) is 0. The van der Waals surface area contributed by atoms with Crippen molar-refractivity contribution in [3.8, 4) is 11.1 Å². The highest BCUT2D eigenvalue weighted by atomic mass is 35.5. The summed E-state index contributed by atoms with van der Waals surface area (Å²) < 4.78 is 5.26. The first-order valence-electron chi connectivity index (χ1n) is 7.24. The van der Waals surface area contributed by atoms with Gasteiger partial charge in [0.2, 0.25) is 0 Å². The number of hydrogen-bond donors (Lipinski definition) is 1. The van der Waals surface area contributed by atoms with E-state index in [1.807, 2.05) is 36.4 Å². The molecule has 4 heteroatoms. The zero-order valence-corrected chi connectivity index (χ0v) is 13.4. The quantitative estimate of drug-likeness (QED) is 0.863. The van der Waals surface area contributed by atoms with E-state index in [1.165, 1.54) is 5.56 Å². The molecule has 1 aliphatic carbocycles. The van der Waals surface area contributed by atoms with Crippen molar-refractivity contribution < 1.29 is 9.53 Å². The monoisotopic (exact) mass is 315 g/mol. The van der Waals surface area contributed by atoms with Gasteiger partial charge in [-0.1, -0.05) is 61.8 Å². The largest absolute Gasteiger partial charge is 0.441 e. The number of primary amides is 1. The summed E-state index contributed by atoms with van der Waals surface area (Å²) in [5.41, 5.74) is 9.38. The number of carbonyl (C=O) groups excluding carboxylic acids is 1. The molecule has 0 radical (unpaired) electrons. The molecule has 1 unspecified atom stereocenters. The SMILES string of the molecule is CC1(C)CC(OC(N)=O)c2ccc(-c3ccccc3Cl)cc21. The molecule has 0 saturated heterocycles. The number of fused-ring (bicyclic) bond motifs is 1. The molecule has 0 heterocycles. The third-order valence-corrected chi connectivity index (χ3v) is 4.60. The number of benzene rings is 2. The van der Waals surface area contributed by atoms with Crippen molar-refractivity contribution in [3.63, 3.8) is 0 Å². The Balaban J connectivity index is 2.07. The molecular formula is C18H18ClNO2. The van der Waals surface area contributed by atoms with Crippen LogP contribution in [0.15, 0.2) is 42.5 Å². The summed E-state index contributed by atoms with van der Waals surface area (Å²) in [5.74, 6) is 0. The fourth-order valence-electron chi connectivity index (χ4n) is 3.21. The zero-order valence-electron chi connectivity index (χ0n) is 12.6. The predicted octanol–water partition coefficient (Wildman–Crippen LogP) is 4.82. The second-order valence-corrected chi connectivity index (χ2v) is 6.70. The van der Waals surface area contributed by atoms with Crippen molar-refractivity contribution in [2.45, 2.75) is 31.8 Å². The van der Waals surface area contributed by atoms with E-state index in [-0.39, 0.29) is 11.5 Å². The predicted molar refractivity (Wildman–Crippen MR) is 87.9 cm³/mol. The minimum absolute atomic E-state index is 0.0767. The number of amides is 1. The van der Waals surface area contributed by atoms with Crippen molar-refractivity contribution in [1.82, 2.24) is 0 Å². The van der Waals surface area contributed by atoms with Crippen LogP contribution in [0.2, 0.25) is 5.02 Å². The Bertz CT molecular complexity index is 740. The lowest BCUT2D eigenvalue weighted by molar-refractivity contribution is 0.0993. The smallest absolute Gasteiger partial charge is 0.405 e. The van der Waals surface area contributed by atoms with Gasteiger partial charge >= 0.3 is 6.09 Å². The summed E-state index contributed by atoms with van der Waals surface area (Å²) in [6.45, 7) is 4.29. The van der Waals surface area contributed by atoms with Gasteiger partial charge in [-0.25, -0.2) is 4.79 Å². The Morgan fingerprint density at radius 2 is 2.00 bits per heavy atom. The fourth-order valence-corrected chi connectivity index (χ4v) is 3.46. The van der Waals surface area contributed by atoms with E-state index in [1.54, 1.807) is 0 Å². The summed E-state index contributed by atoms with van der Waals surface area (Å²) in [5, 5.41) is 0.725. The van der Waals surface area contributed by atoms with Gasteiger partial charge in [-0.15, -0.1) is 0 Å². The lowest BCUT2D eigenvalue weighted by atomic mass is 9.85. The maximum absolute atomic E-state index is 11.1. The van der Waals surface area contributed by atoms with Gasteiger partial charge in [0, 0.05) is 10.6 Å². The highest BCUT2D eigenvalue weighted by molar-refractivity contribution is 6.33. The highest BCUT2D eigenvalue weighted by Gasteiger charge is 2.38. The molecule has 2 aromatic carbocycles. The number of carbonyl (C=O) groups is 1. The number of halogens is 1. The molecule has 0 saturated carbocycles. The Kier molecular flexibility index (Phi) is 3.61. The van der Waals surface area contributed by atoms with Gasteiger partial charge in [0.1, 0.15) is 6.10 Å². The molecule has 1 atom stereocenters. The van der Waals surface area contributed by atoms with Crippen LogP contribution >= 0.6 is 11.6 Å². The van der Waals surface area contributed by atoms with Crippen molar-refractivity contribution >= 4 is 17.7 Å². The second-order valence-electron chi connectivity index (χ2n) is 6.30. The fraction of sp³-hybridized carbons (Fsp3) is 0.278. The van der Waals surface area contributed by atoms with E-state index >= 15 is 0 Å². The van der Waals surface area contributed by atoms with E-state index in [0.29, 0.717) is 0 Å². The number of hydrogen-bond acceptors (Lipinski definition) is 2. The molecule has 2 N–H and O–H groups in total. The first-order chi connectivity index (χ1) is 10.4. The van der Waals surface area contributed by atoms with Gasteiger partial charge in [0.05, 0.1) is 0 Å². The summed E-state index contributed by atoms with van der Waals surface area (Å²) >= 11 is 6.29. The molecule has 1 aliphatic rings. The molecule has 0 bridgehead atoms. The molecule has 3 rings (SSSR count). The molecule has 0 aliphatic heterocycles. The molecule has 1 amide bonds. The minimum atomic E-state index is -0.733. The van der Waals surface area contributed by atoms with E-state index in [2.05, 4.69) is 19.9 Å². The number of ether oxygens (including phenoxy) is 1. The lowest BCUT2D eigenvalue weighted by Crippen LogP contribution is -2.18. The van der Waals surface area contributed by atoms with Gasteiger partial charge in [-0.2, -0.15) is 0 Å². The lowest BCUT2D eigenvalue weighted by Gasteiger charge is -2.19. The molecule has 0 spiro atoms. The van der Waals surface area contributed by atoms with Gasteiger partial charge < -0.3 is 10.5 Å². The van der Waals surface area contributed by atoms with Crippen LogP contribution in [0.5, 0.6) is 0 Å². The maximum Gasteiger partial charge on any atom is 0.405 e. The van der Waals surface area contributed by atoms with Crippen molar-refractivity contribution in [1.29, 1.82) is 0 Å². The third-order valence-electron chi connectivity index (χ3n) is 4.27. The molecule has 3 nitrogen and oxygen atoms in total. The van der Waals surface area contributed by atoms with E-state index in [9.17, 15) is 4.79 Å². The van der Waals surface area contributed by atoms with Crippen LogP contribution in [0.4, 0.5) is 4.79 Å². The van der Waals surface area contributed by atoms with E-state index in [0.717, 1.165) is 28.1 Å². The Morgan fingerprint density at radius 3 is 2.68 bits per heavy atom. The molecule has 0 fully saturated rings. The van der Waals surface area contributed by atoms with Gasteiger partial charge in [-0.05, 0) is 34.6 Å². The van der Waals surface area contributed by atoms with Gasteiger partial charge in [-0.3, -0.25) is 0 Å². The van der Waals surface area contributed by atoms with Crippen molar-refractivity contribution in [3.05, 3.63) is 58.6 Å². The molecule has 2 aromatic rings. The standard InChI is InChI=1S/C18H18ClNO2/c1-18(2)10-16(22-17(20)21)13-8-7-11(9-14(13)18)12-5-3-4-6-15(12)19/h3-9,16H,10H2,1-2H3,(H2,20,21). The van der Waals surface area contributed by atoms with Gasteiger partial charge in [0.25, 0.3) is 0 Å². The van der Waals surface area contributed by atoms with E-state index in [4.69, 9.17) is 22.1 Å². The molecular weight excluding hydrogens is 298 g/mol. The summed E-state index contributed by atoms with van der Waals surface area (Å²) in [6, 6.07) is 13.9. The normalized spacial score (nSPS) is 18.8. The van der Waals surface area contributed by atoms with Crippen LogP contribution in [0.25, 0.3) is 11.1 Å². The van der Waals surface area contributed by atoms with Crippen LogP contribution in [-0.4, -0.2) is 6.09 Å². The summed E-state index contributed by atoms with van der Waals surface area (Å²) in [6.07, 6.45) is -0.274. The topological polar surface area (TPSA) is 52.3 Å². The van der Waals surface area contributed by atoms with Crippen LogP contribution in [-0.2, 0) is 10.2 Å². The second kappa shape index (κ2) is 5.33. The summed E-state index contributed by atoms with van der Waals surface area (Å²) in [4.78, 5) is 11.1. The van der Waals surface area contributed by atoms with E-state index < -0.39 is 6.09 Å². The maximum atomic E-state index is 11.1. The Morgan fingerprint density at radius 1 is 1.27 bits per heavy atom.